The van der Waals surface area contributed by atoms with Crippen molar-refractivity contribution in [2.45, 2.75) is 25.3 Å². The Morgan fingerprint density at radius 3 is 2.68 bits per heavy atom. The molecule has 0 amide bonds. The van der Waals surface area contributed by atoms with Crippen molar-refractivity contribution in [3.8, 4) is 11.1 Å². The SMILES string of the molecule is c1ccc(C2CCCN(Cc3ccc(-c4c[nH]c5ncccc45)cc3)C2)cc1. The molecule has 1 fully saturated rings. The molecule has 3 heterocycles. The molecule has 0 saturated carbocycles. The number of fused-ring (bicyclic) bond motifs is 1. The van der Waals surface area contributed by atoms with E-state index in [2.05, 4.69) is 81.7 Å². The van der Waals surface area contributed by atoms with Gasteiger partial charge in [-0.1, -0.05) is 54.6 Å². The Bertz CT molecular complexity index is 1050. The highest BCUT2D eigenvalue weighted by Crippen LogP contribution is 2.29. The predicted octanol–water partition coefficient (Wildman–Crippen LogP) is 5.61. The average molecular weight is 367 g/mol. The Kier molecular flexibility index (Phi) is 4.67. The Morgan fingerprint density at radius 2 is 1.82 bits per heavy atom. The monoisotopic (exact) mass is 367 g/mol. The first-order chi connectivity index (χ1) is 13.9. The summed E-state index contributed by atoms with van der Waals surface area (Å²) in [5, 5.41) is 1.18. The first-order valence-electron chi connectivity index (χ1n) is 10.2. The van der Waals surface area contributed by atoms with Crippen LogP contribution in [0.25, 0.3) is 22.2 Å². The van der Waals surface area contributed by atoms with Crippen LogP contribution in [0.3, 0.4) is 0 Å². The normalized spacial score (nSPS) is 17.8. The highest BCUT2D eigenvalue weighted by molar-refractivity contribution is 5.93. The van der Waals surface area contributed by atoms with Crippen molar-refractivity contribution in [2.75, 3.05) is 13.1 Å². The van der Waals surface area contributed by atoms with E-state index in [-0.39, 0.29) is 0 Å². The number of aromatic amines is 1. The van der Waals surface area contributed by atoms with Crippen molar-refractivity contribution < 1.29 is 0 Å². The molecule has 1 aliphatic heterocycles. The highest BCUT2D eigenvalue weighted by Gasteiger charge is 2.21. The zero-order chi connectivity index (χ0) is 18.8. The van der Waals surface area contributed by atoms with Gasteiger partial charge in [-0.15, -0.1) is 0 Å². The van der Waals surface area contributed by atoms with Crippen LogP contribution >= 0.6 is 0 Å². The molecule has 0 aliphatic carbocycles. The molecular formula is C25H25N3. The lowest BCUT2D eigenvalue weighted by molar-refractivity contribution is 0.200. The van der Waals surface area contributed by atoms with E-state index < -0.39 is 0 Å². The number of benzene rings is 2. The molecule has 1 aliphatic rings. The summed E-state index contributed by atoms with van der Waals surface area (Å²) < 4.78 is 0. The van der Waals surface area contributed by atoms with Crippen molar-refractivity contribution >= 4 is 11.0 Å². The summed E-state index contributed by atoms with van der Waals surface area (Å²) in [4.78, 5) is 10.3. The summed E-state index contributed by atoms with van der Waals surface area (Å²) in [5.74, 6) is 0.660. The fourth-order valence-electron chi connectivity index (χ4n) is 4.44. The van der Waals surface area contributed by atoms with E-state index in [4.69, 9.17) is 0 Å². The molecule has 28 heavy (non-hydrogen) atoms. The molecule has 1 saturated heterocycles. The van der Waals surface area contributed by atoms with Crippen molar-refractivity contribution in [1.29, 1.82) is 0 Å². The molecule has 1 unspecified atom stereocenters. The van der Waals surface area contributed by atoms with Crippen LogP contribution in [0.1, 0.15) is 29.9 Å². The van der Waals surface area contributed by atoms with Gasteiger partial charge in [0.25, 0.3) is 0 Å². The Labute approximate surface area is 166 Å². The number of nitrogens with zero attached hydrogens (tertiary/aromatic N) is 2. The van der Waals surface area contributed by atoms with Crippen LogP contribution < -0.4 is 0 Å². The van der Waals surface area contributed by atoms with Crippen molar-refractivity contribution in [3.63, 3.8) is 0 Å². The number of aromatic nitrogens is 2. The zero-order valence-corrected chi connectivity index (χ0v) is 16.0. The predicted molar refractivity (Wildman–Crippen MR) is 115 cm³/mol. The highest BCUT2D eigenvalue weighted by atomic mass is 15.1. The Morgan fingerprint density at radius 1 is 0.964 bits per heavy atom. The van der Waals surface area contributed by atoms with Crippen LogP contribution in [0.4, 0.5) is 0 Å². The lowest BCUT2D eigenvalue weighted by atomic mass is 9.90. The first-order valence-corrected chi connectivity index (χ1v) is 10.2. The van der Waals surface area contributed by atoms with E-state index in [0.717, 1.165) is 18.7 Å². The number of likely N-dealkylation sites (tertiary alicyclic amines) is 1. The van der Waals surface area contributed by atoms with E-state index in [0.29, 0.717) is 5.92 Å². The quantitative estimate of drug-likeness (QED) is 0.508. The van der Waals surface area contributed by atoms with Gasteiger partial charge in [0.15, 0.2) is 0 Å². The molecule has 140 valence electrons. The van der Waals surface area contributed by atoms with E-state index in [1.807, 2.05) is 12.3 Å². The minimum absolute atomic E-state index is 0.660. The summed E-state index contributed by atoms with van der Waals surface area (Å²) in [7, 11) is 0. The minimum Gasteiger partial charge on any atom is -0.346 e. The number of hydrogen-bond acceptors (Lipinski definition) is 2. The third-order valence-corrected chi connectivity index (χ3v) is 5.90. The van der Waals surface area contributed by atoms with Crippen molar-refractivity contribution in [1.82, 2.24) is 14.9 Å². The standard InChI is InChI=1S/C25H25N3/c1-2-6-20(7-3-1)22-8-5-15-28(18-22)17-19-10-12-21(13-11-19)24-16-27-25-23(24)9-4-14-26-25/h1-4,6-7,9-14,16,22H,5,8,15,17-18H2,(H,26,27). The lowest BCUT2D eigenvalue weighted by Crippen LogP contribution is -2.33. The second kappa shape index (κ2) is 7.61. The van der Waals surface area contributed by atoms with Gasteiger partial charge in [-0.25, -0.2) is 4.98 Å². The molecule has 3 nitrogen and oxygen atoms in total. The Balaban J connectivity index is 1.30. The smallest absolute Gasteiger partial charge is 0.137 e. The zero-order valence-electron chi connectivity index (χ0n) is 16.0. The number of pyridine rings is 1. The van der Waals surface area contributed by atoms with Crippen LogP contribution in [-0.4, -0.2) is 28.0 Å². The average Bonchev–Trinajstić information content (AvgIpc) is 3.19. The molecule has 0 radical (unpaired) electrons. The largest absolute Gasteiger partial charge is 0.346 e. The summed E-state index contributed by atoms with van der Waals surface area (Å²) in [6.45, 7) is 3.37. The summed E-state index contributed by atoms with van der Waals surface area (Å²) in [5.41, 5.74) is 6.27. The van der Waals surface area contributed by atoms with E-state index in [1.165, 1.54) is 47.0 Å². The molecule has 2 aromatic heterocycles. The van der Waals surface area contributed by atoms with E-state index >= 15 is 0 Å². The second-order valence-corrected chi connectivity index (χ2v) is 7.78. The molecule has 2 aromatic carbocycles. The van der Waals surface area contributed by atoms with Crippen molar-refractivity contribution in [2.24, 2.45) is 0 Å². The maximum absolute atomic E-state index is 4.39. The molecule has 5 rings (SSSR count). The first kappa shape index (κ1) is 17.2. The van der Waals surface area contributed by atoms with Crippen LogP contribution in [0.2, 0.25) is 0 Å². The van der Waals surface area contributed by atoms with Gasteiger partial charge in [0.1, 0.15) is 5.65 Å². The third kappa shape index (κ3) is 3.46. The minimum atomic E-state index is 0.660. The van der Waals surface area contributed by atoms with Gasteiger partial charge in [0.2, 0.25) is 0 Å². The van der Waals surface area contributed by atoms with Crippen LogP contribution in [-0.2, 0) is 6.54 Å². The molecule has 3 heteroatoms. The van der Waals surface area contributed by atoms with Gasteiger partial charge >= 0.3 is 0 Å². The third-order valence-electron chi connectivity index (χ3n) is 5.90. The fourth-order valence-corrected chi connectivity index (χ4v) is 4.44. The Hall–Kier alpha value is -2.91. The fraction of sp³-hybridized carbons (Fsp3) is 0.240. The summed E-state index contributed by atoms with van der Waals surface area (Å²) in [6.07, 6.45) is 6.46. The van der Waals surface area contributed by atoms with Crippen molar-refractivity contribution in [3.05, 3.63) is 90.3 Å². The second-order valence-electron chi connectivity index (χ2n) is 7.78. The van der Waals surface area contributed by atoms with Gasteiger partial charge in [0.05, 0.1) is 0 Å². The van der Waals surface area contributed by atoms with Gasteiger partial charge in [-0.2, -0.15) is 0 Å². The van der Waals surface area contributed by atoms with Gasteiger partial charge < -0.3 is 4.98 Å². The van der Waals surface area contributed by atoms with Crippen LogP contribution in [0, 0.1) is 0 Å². The van der Waals surface area contributed by atoms with Crippen LogP contribution in [0.5, 0.6) is 0 Å². The van der Waals surface area contributed by atoms with Gasteiger partial charge in [-0.3, -0.25) is 4.90 Å². The maximum Gasteiger partial charge on any atom is 0.137 e. The lowest BCUT2D eigenvalue weighted by Gasteiger charge is -2.33. The topological polar surface area (TPSA) is 31.9 Å². The molecule has 0 bridgehead atoms. The van der Waals surface area contributed by atoms with Crippen LogP contribution in [0.15, 0.2) is 79.1 Å². The molecule has 0 spiro atoms. The molecular weight excluding hydrogens is 342 g/mol. The summed E-state index contributed by atoms with van der Waals surface area (Å²) >= 11 is 0. The number of hydrogen-bond donors (Lipinski definition) is 1. The molecule has 1 N–H and O–H groups in total. The number of nitrogens with one attached hydrogen (secondary N) is 1. The van der Waals surface area contributed by atoms with E-state index in [1.54, 1.807) is 0 Å². The number of piperidine rings is 1. The maximum atomic E-state index is 4.39. The van der Waals surface area contributed by atoms with Gasteiger partial charge in [-0.05, 0) is 54.1 Å². The molecule has 4 aromatic rings. The van der Waals surface area contributed by atoms with E-state index in [9.17, 15) is 0 Å². The molecule has 1 atom stereocenters. The number of H-pyrrole nitrogens is 1. The van der Waals surface area contributed by atoms with Gasteiger partial charge in [0, 0.05) is 36.4 Å². The summed E-state index contributed by atoms with van der Waals surface area (Å²) in [6, 6.07) is 24.1. The number of rotatable bonds is 4.